The Labute approximate surface area is 96.8 Å². The van der Waals surface area contributed by atoms with Crippen molar-refractivity contribution in [2.75, 3.05) is 25.6 Å². The summed E-state index contributed by atoms with van der Waals surface area (Å²) in [4.78, 5) is 17.7. The number of carbonyl (C=O) groups is 1. The summed E-state index contributed by atoms with van der Waals surface area (Å²) in [5.74, 6) is 0.348. The van der Waals surface area contributed by atoms with Gasteiger partial charge in [-0.05, 0) is 0 Å². The summed E-state index contributed by atoms with van der Waals surface area (Å²) >= 11 is 7.21. The topological polar surface area (TPSA) is 42.4 Å². The van der Waals surface area contributed by atoms with Crippen molar-refractivity contribution in [2.45, 2.75) is 6.04 Å². The molecular formula is C9H11ClN2O2S. The summed E-state index contributed by atoms with van der Waals surface area (Å²) in [6.07, 6.45) is 0. The van der Waals surface area contributed by atoms with Crippen LogP contribution in [-0.2, 0) is 4.74 Å². The van der Waals surface area contributed by atoms with E-state index in [1.54, 1.807) is 15.8 Å². The molecule has 0 aliphatic carbocycles. The molecule has 1 amide bonds. The van der Waals surface area contributed by atoms with Gasteiger partial charge in [-0.2, -0.15) is 0 Å². The Kier molecular flexibility index (Phi) is 3.56. The van der Waals surface area contributed by atoms with Gasteiger partial charge in [0.2, 0.25) is 0 Å². The van der Waals surface area contributed by atoms with Crippen molar-refractivity contribution in [1.82, 2.24) is 9.88 Å². The molecule has 1 atom stereocenters. The Hall–Kier alpha value is -0.650. The van der Waals surface area contributed by atoms with E-state index in [9.17, 15) is 4.79 Å². The Morgan fingerprint density at radius 2 is 2.67 bits per heavy atom. The van der Waals surface area contributed by atoms with Gasteiger partial charge in [0, 0.05) is 17.8 Å². The van der Waals surface area contributed by atoms with E-state index in [0.717, 1.165) is 0 Å². The number of halogens is 1. The van der Waals surface area contributed by atoms with Crippen molar-refractivity contribution in [3.63, 3.8) is 0 Å². The van der Waals surface area contributed by atoms with Crippen LogP contribution >= 0.6 is 22.9 Å². The maximum absolute atomic E-state index is 12.0. The first kappa shape index (κ1) is 10.9. The van der Waals surface area contributed by atoms with Gasteiger partial charge < -0.3 is 9.64 Å². The molecule has 15 heavy (non-hydrogen) atoms. The van der Waals surface area contributed by atoms with Crippen molar-refractivity contribution in [3.8, 4) is 0 Å². The zero-order valence-corrected chi connectivity index (χ0v) is 9.63. The molecule has 4 nitrogen and oxygen atoms in total. The molecule has 0 N–H and O–H groups in total. The number of amides is 1. The molecule has 0 spiro atoms. The fourth-order valence-corrected chi connectivity index (χ4v) is 2.30. The van der Waals surface area contributed by atoms with Crippen LogP contribution in [0, 0.1) is 0 Å². The Morgan fingerprint density at radius 3 is 3.33 bits per heavy atom. The van der Waals surface area contributed by atoms with E-state index in [1.807, 2.05) is 0 Å². The molecule has 0 saturated carbocycles. The van der Waals surface area contributed by atoms with Gasteiger partial charge in [0.15, 0.2) is 0 Å². The number of thiazole rings is 1. The van der Waals surface area contributed by atoms with Crippen molar-refractivity contribution in [2.24, 2.45) is 0 Å². The smallest absolute Gasteiger partial charge is 0.273 e. The predicted molar refractivity (Wildman–Crippen MR) is 58.5 cm³/mol. The number of rotatable bonds is 2. The molecule has 1 saturated heterocycles. The molecule has 6 heteroatoms. The third kappa shape index (κ3) is 2.30. The van der Waals surface area contributed by atoms with Crippen LogP contribution < -0.4 is 0 Å². The van der Waals surface area contributed by atoms with Gasteiger partial charge in [-0.15, -0.1) is 22.9 Å². The van der Waals surface area contributed by atoms with Crippen molar-refractivity contribution in [3.05, 3.63) is 16.6 Å². The lowest BCUT2D eigenvalue weighted by Crippen LogP contribution is -2.49. The summed E-state index contributed by atoms with van der Waals surface area (Å²) in [6.45, 7) is 1.68. The minimum absolute atomic E-state index is 0.0328. The number of hydrogen-bond acceptors (Lipinski definition) is 4. The van der Waals surface area contributed by atoms with E-state index in [-0.39, 0.29) is 11.9 Å². The van der Waals surface area contributed by atoms with Crippen LogP contribution in [0.3, 0.4) is 0 Å². The molecule has 2 heterocycles. The zero-order valence-electron chi connectivity index (χ0n) is 8.06. The summed E-state index contributed by atoms with van der Waals surface area (Å²) in [7, 11) is 0. The fraction of sp³-hybridized carbons (Fsp3) is 0.556. The van der Waals surface area contributed by atoms with Gasteiger partial charge in [-0.25, -0.2) is 4.98 Å². The van der Waals surface area contributed by atoms with E-state index in [1.165, 1.54) is 11.3 Å². The van der Waals surface area contributed by atoms with Gasteiger partial charge >= 0.3 is 0 Å². The molecule has 0 aromatic carbocycles. The molecule has 2 rings (SSSR count). The predicted octanol–water partition coefficient (Wildman–Crippen LogP) is 1.22. The summed E-state index contributed by atoms with van der Waals surface area (Å²) in [5.41, 5.74) is 2.15. The van der Waals surface area contributed by atoms with E-state index >= 15 is 0 Å². The summed E-state index contributed by atoms with van der Waals surface area (Å²) in [6, 6.07) is -0.0328. The van der Waals surface area contributed by atoms with E-state index in [4.69, 9.17) is 16.3 Å². The van der Waals surface area contributed by atoms with Gasteiger partial charge in [-0.3, -0.25) is 4.79 Å². The quantitative estimate of drug-likeness (QED) is 0.737. The zero-order chi connectivity index (χ0) is 10.7. The third-order valence-electron chi connectivity index (χ3n) is 2.32. The number of ether oxygens (including phenoxy) is 1. The number of hydrogen-bond donors (Lipinski definition) is 0. The van der Waals surface area contributed by atoms with E-state index in [2.05, 4.69) is 4.98 Å². The first-order valence-corrected chi connectivity index (χ1v) is 6.13. The van der Waals surface area contributed by atoms with Crippen LogP contribution in [0.2, 0.25) is 0 Å². The first-order valence-electron chi connectivity index (χ1n) is 4.66. The van der Waals surface area contributed by atoms with E-state index in [0.29, 0.717) is 31.3 Å². The average Bonchev–Trinajstić information content (AvgIpc) is 2.81. The van der Waals surface area contributed by atoms with Crippen LogP contribution in [0.4, 0.5) is 0 Å². The van der Waals surface area contributed by atoms with Crippen LogP contribution in [0.1, 0.15) is 10.5 Å². The molecule has 82 valence electrons. The van der Waals surface area contributed by atoms with Crippen molar-refractivity contribution < 1.29 is 9.53 Å². The normalized spacial score (nSPS) is 21.7. The molecule has 1 unspecified atom stereocenters. The Bertz CT molecular complexity index is 331. The maximum atomic E-state index is 12.0. The second-order valence-corrected chi connectivity index (χ2v) is 4.28. The number of carbonyl (C=O) groups excluding carboxylic acids is 1. The minimum atomic E-state index is -0.0507. The molecule has 1 aromatic heterocycles. The van der Waals surface area contributed by atoms with Crippen molar-refractivity contribution >= 4 is 28.8 Å². The second kappa shape index (κ2) is 4.92. The molecule has 0 bridgehead atoms. The highest BCUT2D eigenvalue weighted by Gasteiger charge is 2.28. The van der Waals surface area contributed by atoms with Gasteiger partial charge in [-0.1, -0.05) is 0 Å². The molecule has 1 fully saturated rings. The average molecular weight is 247 g/mol. The lowest BCUT2D eigenvalue weighted by atomic mass is 10.2. The van der Waals surface area contributed by atoms with E-state index < -0.39 is 0 Å². The number of aromatic nitrogens is 1. The number of nitrogens with zero attached hydrogens (tertiary/aromatic N) is 2. The van der Waals surface area contributed by atoms with Crippen LogP contribution in [-0.4, -0.2) is 47.5 Å². The molecular weight excluding hydrogens is 236 g/mol. The summed E-state index contributed by atoms with van der Waals surface area (Å²) < 4.78 is 5.27. The minimum Gasteiger partial charge on any atom is -0.377 e. The third-order valence-corrected chi connectivity index (χ3v) is 3.26. The highest BCUT2D eigenvalue weighted by atomic mass is 35.5. The fourth-order valence-electron chi connectivity index (χ4n) is 1.52. The highest BCUT2D eigenvalue weighted by molar-refractivity contribution is 7.07. The molecule has 0 radical (unpaired) electrons. The Morgan fingerprint density at radius 1 is 1.80 bits per heavy atom. The highest BCUT2D eigenvalue weighted by Crippen LogP contribution is 2.13. The number of morpholine rings is 1. The van der Waals surface area contributed by atoms with Crippen LogP contribution in [0.25, 0.3) is 0 Å². The monoisotopic (exact) mass is 246 g/mol. The molecule has 1 aliphatic heterocycles. The van der Waals surface area contributed by atoms with Gasteiger partial charge in [0.05, 0.1) is 24.8 Å². The van der Waals surface area contributed by atoms with Crippen LogP contribution in [0.15, 0.2) is 10.9 Å². The largest absolute Gasteiger partial charge is 0.377 e. The Balaban J connectivity index is 2.11. The first-order chi connectivity index (χ1) is 7.33. The van der Waals surface area contributed by atoms with Gasteiger partial charge in [0.1, 0.15) is 5.69 Å². The van der Waals surface area contributed by atoms with Gasteiger partial charge in [0.25, 0.3) is 5.91 Å². The van der Waals surface area contributed by atoms with Crippen molar-refractivity contribution in [1.29, 1.82) is 0 Å². The SMILES string of the molecule is O=C(c1cscn1)N1CCOCC1CCl. The van der Waals surface area contributed by atoms with Crippen LogP contribution in [0.5, 0.6) is 0 Å². The summed E-state index contributed by atoms with van der Waals surface area (Å²) in [5, 5.41) is 1.75. The standard InChI is InChI=1S/C9H11ClN2O2S/c10-3-7-4-14-2-1-12(7)9(13)8-5-15-6-11-8/h5-7H,1-4H2. The lowest BCUT2D eigenvalue weighted by molar-refractivity contribution is 0.00428. The molecule has 1 aliphatic rings. The molecule has 1 aromatic rings. The maximum Gasteiger partial charge on any atom is 0.273 e. The second-order valence-electron chi connectivity index (χ2n) is 3.26. The number of alkyl halides is 1. The lowest BCUT2D eigenvalue weighted by Gasteiger charge is -2.33.